The number of aliphatic hydroxyl groups excluding tert-OH is 1. The smallest absolute Gasteiger partial charge is 0.407 e. The predicted molar refractivity (Wildman–Crippen MR) is 193 cm³/mol. The largest absolute Gasteiger partial charge is 0.465 e. The van der Waals surface area contributed by atoms with Gasteiger partial charge in [0.2, 0.25) is 10.0 Å². The molecule has 16 nitrogen and oxygen atoms in total. The van der Waals surface area contributed by atoms with Crippen molar-refractivity contribution in [2.24, 2.45) is 11.8 Å². The highest BCUT2D eigenvalue weighted by atomic mass is 32.2. The van der Waals surface area contributed by atoms with Gasteiger partial charge in [0.1, 0.15) is 11.8 Å². The number of carbonyl (C=O) groups is 3. The molecule has 2 aromatic carbocycles. The fourth-order valence-corrected chi connectivity index (χ4v) is 8.23. The number of esters is 2. The van der Waals surface area contributed by atoms with E-state index in [0.717, 1.165) is 5.56 Å². The number of ether oxygens (including phenoxy) is 5. The van der Waals surface area contributed by atoms with Crippen LogP contribution in [0.3, 0.4) is 0 Å². The van der Waals surface area contributed by atoms with E-state index in [4.69, 9.17) is 28.2 Å². The second-order valence-corrected chi connectivity index (χ2v) is 15.7. The van der Waals surface area contributed by atoms with Gasteiger partial charge in [0, 0.05) is 25.0 Å². The third kappa shape index (κ3) is 10.8. The third-order valence-electron chi connectivity index (χ3n) is 9.11. The molecule has 54 heavy (non-hydrogen) atoms. The van der Waals surface area contributed by atoms with Gasteiger partial charge in [-0.3, -0.25) is 14.5 Å². The zero-order chi connectivity index (χ0) is 38.8. The first-order valence-electron chi connectivity index (χ1n) is 18.2. The van der Waals surface area contributed by atoms with Crippen LogP contribution in [0.2, 0.25) is 0 Å². The van der Waals surface area contributed by atoms with Crippen molar-refractivity contribution in [1.29, 1.82) is 0 Å². The third-order valence-corrected chi connectivity index (χ3v) is 10.9. The molecule has 0 radical (unpaired) electrons. The van der Waals surface area contributed by atoms with Crippen LogP contribution in [-0.4, -0.2) is 123 Å². The average Bonchev–Trinajstić information content (AvgIpc) is 3.85. The lowest BCUT2D eigenvalue weighted by Gasteiger charge is -2.31. The van der Waals surface area contributed by atoms with E-state index in [9.17, 15) is 27.9 Å². The summed E-state index contributed by atoms with van der Waals surface area (Å²) in [6, 6.07) is 12.6. The molecular weight excluding hydrogens is 724 g/mol. The molecule has 2 aliphatic heterocycles. The summed E-state index contributed by atoms with van der Waals surface area (Å²) in [5.74, 6) is -1.32. The molecule has 5 atom stereocenters. The van der Waals surface area contributed by atoms with E-state index in [1.165, 1.54) is 27.4 Å². The minimum absolute atomic E-state index is 0.0487. The molecule has 1 amide bonds. The van der Waals surface area contributed by atoms with Crippen LogP contribution in [0.1, 0.15) is 45.4 Å². The summed E-state index contributed by atoms with van der Waals surface area (Å²) in [5, 5.41) is 19.0. The number of fused-ring (bicyclic) bond motifs is 2. The van der Waals surface area contributed by atoms with E-state index < -0.39 is 52.6 Å². The van der Waals surface area contributed by atoms with Crippen LogP contribution in [0.4, 0.5) is 4.79 Å². The van der Waals surface area contributed by atoms with Crippen molar-refractivity contribution in [3.8, 4) is 0 Å². The summed E-state index contributed by atoms with van der Waals surface area (Å²) in [6.07, 6.45) is -2.12. The summed E-state index contributed by atoms with van der Waals surface area (Å²) in [6.45, 7) is 7.27. The Labute approximate surface area is 315 Å². The minimum Gasteiger partial charge on any atom is -0.465 e. The number of amides is 1. The lowest BCUT2D eigenvalue weighted by Crippen LogP contribution is -2.51. The Balaban J connectivity index is 1.37. The number of hydrogen-bond acceptors (Lipinski definition) is 14. The molecule has 2 aliphatic rings. The number of nitrogens with one attached hydrogen (secondary N) is 1. The van der Waals surface area contributed by atoms with Crippen LogP contribution in [0.25, 0.3) is 11.0 Å². The van der Waals surface area contributed by atoms with Gasteiger partial charge in [0.25, 0.3) is 0 Å². The molecule has 1 aromatic heterocycles. The SMILES string of the molecule is CCOC(=O)CN(CC(=O)OCC)Cc1noc2ccc(S(=O)(=O)N(CC(C)C)C[C@@H](O)[C@H](Cc3ccccc3)NC(=O)OC3CO[C@H]4OCC[C@@H]34)cc12. The van der Waals surface area contributed by atoms with Gasteiger partial charge in [-0.1, -0.05) is 49.3 Å². The Morgan fingerprint density at radius 3 is 2.37 bits per heavy atom. The highest BCUT2D eigenvalue weighted by Crippen LogP contribution is 2.33. The number of rotatable bonds is 19. The predicted octanol–water partition coefficient (Wildman–Crippen LogP) is 2.86. The molecule has 1 unspecified atom stereocenters. The maximum atomic E-state index is 14.4. The first kappa shape index (κ1) is 41.0. The Kier molecular flexibility index (Phi) is 14.4. The van der Waals surface area contributed by atoms with Gasteiger partial charge >= 0.3 is 18.0 Å². The van der Waals surface area contributed by atoms with E-state index in [2.05, 4.69) is 10.5 Å². The molecule has 2 fully saturated rings. The van der Waals surface area contributed by atoms with Crippen molar-refractivity contribution in [1.82, 2.24) is 19.7 Å². The van der Waals surface area contributed by atoms with Crippen molar-refractivity contribution in [3.63, 3.8) is 0 Å². The van der Waals surface area contributed by atoms with Crippen molar-refractivity contribution in [2.45, 2.75) is 76.5 Å². The number of aliphatic hydroxyl groups is 1. The van der Waals surface area contributed by atoms with E-state index >= 15 is 0 Å². The summed E-state index contributed by atoms with van der Waals surface area (Å²) >= 11 is 0. The Bertz CT molecular complexity index is 1800. The van der Waals surface area contributed by atoms with Crippen LogP contribution >= 0.6 is 0 Å². The fraction of sp³-hybridized carbons (Fsp3) is 0.568. The molecule has 3 aromatic rings. The van der Waals surface area contributed by atoms with Gasteiger partial charge < -0.3 is 38.6 Å². The van der Waals surface area contributed by atoms with Crippen molar-refractivity contribution in [2.75, 3.05) is 52.6 Å². The molecule has 2 N–H and O–H groups in total. The standard InChI is InChI=1S/C37H50N4O12S/c1-5-48-34(43)21-40(22-35(44)49-6-2)19-30-28-17-26(12-13-32(28)53-39-30)54(46,47)41(18-24(3)4)20-31(42)29(16-25-10-8-7-9-11-25)38-37(45)52-33-23-51-36-27(33)14-15-50-36/h7-13,17,24,27,29,31,33,36,42H,5-6,14-16,18-23H2,1-4H3,(H,38,45)/t27-,29-,31+,33?,36+/m0/s1. The first-order valence-corrected chi connectivity index (χ1v) is 19.7. The molecule has 3 heterocycles. The highest BCUT2D eigenvalue weighted by Gasteiger charge is 2.44. The maximum Gasteiger partial charge on any atom is 0.407 e. The second-order valence-electron chi connectivity index (χ2n) is 13.7. The van der Waals surface area contributed by atoms with Crippen LogP contribution in [0.15, 0.2) is 57.9 Å². The van der Waals surface area contributed by atoms with Crippen molar-refractivity contribution in [3.05, 3.63) is 59.8 Å². The zero-order valence-corrected chi connectivity index (χ0v) is 31.9. The van der Waals surface area contributed by atoms with Gasteiger partial charge in [-0.25, -0.2) is 13.2 Å². The van der Waals surface area contributed by atoms with Crippen LogP contribution < -0.4 is 5.32 Å². The van der Waals surface area contributed by atoms with E-state index in [0.29, 0.717) is 29.7 Å². The maximum absolute atomic E-state index is 14.4. The monoisotopic (exact) mass is 774 g/mol. The molecule has 2 saturated heterocycles. The lowest BCUT2D eigenvalue weighted by atomic mass is 10.0. The molecule has 296 valence electrons. The number of sulfonamides is 1. The fourth-order valence-electron chi connectivity index (χ4n) is 6.58. The van der Waals surface area contributed by atoms with E-state index in [1.807, 2.05) is 44.2 Å². The van der Waals surface area contributed by atoms with Gasteiger partial charge in [-0.05, 0) is 56.4 Å². The van der Waals surface area contributed by atoms with Gasteiger partial charge in [0.15, 0.2) is 11.9 Å². The van der Waals surface area contributed by atoms with Crippen LogP contribution in [-0.2, 0) is 56.3 Å². The Hall–Kier alpha value is -4.13. The molecule has 17 heteroatoms. The lowest BCUT2D eigenvalue weighted by molar-refractivity contribution is -0.148. The quantitative estimate of drug-likeness (QED) is 0.133. The number of nitrogens with zero attached hydrogens (tertiary/aromatic N) is 3. The van der Waals surface area contributed by atoms with Crippen molar-refractivity contribution >= 4 is 39.0 Å². The minimum atomic E-state index is -4.25. The van der Waals surface area contributed by atoms with Crippen molar-refractivity contribution < 1.29 is 56.1 Å². The number of alkyl carbamates (subject to hydrolysis) is 1. The summed E-state index contributed by atoms with van der Waals surface area (Å²) in [5.41, 5.74) is 1.40. The molecular formula is C37H50N4O12S. The number of carbonyl (C=O) groups excluding carboxylic acids is 3. The van der Waals surface area contributed by atoms with Gasteiger partial charge in [-0.2, -0.15) is 4.31 Å². The molecule has 0 spiro atoms. The number of aromatic nitrogens is 1. The molecule has 5 rings (SSSR count). The van der Waals surface area contributed by atoms with Crippen LogP contribution in [0, 0.1) is 11.8 Å². The first-order chi connectivity index (χ1) is 25.9. The second kappa shape index (κ2) is 19.0. The van der Waals surface area contributed by atoms with Crippen LogP contribution in [0.5, 0.6) is 0 Å². The normalized spacial score (nSPS) is 19.6. The molecule has 0 bridgehead atoms. The van der Waals surface area contributed by atoms with E-state index in [-0.39, 0.29) is 75.7 Å². The topological polar surface area (TPSA) is 196 Å². The Morgan fingerprint density at radius 2 is 1.70 bits per heavy atom. The van der Waals surface area contributed by atoms with Gasteiger partial charge in [-0.15, -0.1) is 0 Å². The highest BCUT2D eigenvalue weighted by molar-refractivity contribution is 7.89. The average molecular weight is 775 g/mol. The number of hydrogen-bond donors (Lipinski definition) is 2. The summed E-state index contributed by atoms with van der Waals surface area (Å²) < 4.78 is 62.4. The Morgan fingerprint density at radius 1 is 1.00 bits per heavy atom. The van der Waals surface area contributed by atoms with E-state index in [1.54, 1.807) is 13.8 Å². The summed E-state index contributed by atoms with van der Waals surface area (Å²) in [4.78, 5) is 39.3. The van der Waals surface area contributed by atoms with Gasteiger partial charge in [0.05, 0.1) is 62.5 Å². The molecule has 0 aliphatic carbocycles. The molecule has 0 saturated carbocycles. The summed E-state index contributed by atoms with van der Waals surface area (Å²) in [7, 11) is -4.25. The zero-order valence-electron chi connectivity index (χ0n) is 31.0. The number of benzene rings is 2.